The molecule has 5 heteroatoms. The van der Waals surface area contributed by atoms with Crippen molar-refractivity contribution in [3.8, 4) is 11.4 Å². The van der Waals surface area contributed by atoms with E-state index in [2.05, 4.69) is 153 Å². The highest BCUT2D eigenvalue weighted by atomic mass is 15.0. The summed E-state index contributed by atoms with van der Waals surface area (Å²) in [5, 5.41) is 7.08. The van der Waals surface area contributed by atoms with E-state index in [1.165, 1.54) is 32.6 Å². The molecule has 0 fully saturated rings. The van der Waals surface area contributed by atoms with Crippen molar-refractivity contribution in [2.75, 3.05) is 0 Å². The van der Waals surface area contributed by atoms with Crippen molar-refractivity contribution in [1.82, 2.24) is 23.5 Å². The first kappa shape index (κ1) is 24.8. The van der Waals surface area contributed by atoms with Gasteiger partial charge in [0.05, 0.1) is 44.1 Å². The zero-order valence-electron chi connectivity index (χ0n) is 25.2. The molecule has 0 spiro atoms. The number of pyridine rings is 2. The predicted octanol–water partition coefficient (Wildman–Crippen LogP) is 10.4. The van der Waals surface area contributed by atoms with Gasteiger partial charge in [-0.1, -0.05) is 72.8 Å². The number of aromatic nitrogens is 5. The van der Waals surface area contributed by atoms with Crippen LogP contribution in [-0.2, 0) is 0 Å². The van der Waals surface area contributed by atoms with Crippen LogP contribution in [0.4, 0.5) is 0 Å². The van der Waals surface area contributed by atoms with Crippen LogP contribution in [0.5, 0.6) is 0 Å². The Kier molecular flexibility index (Phi) is 4.78. The summed E-state index contributed by atoms with van der Waals surface area (Å²) in [6, 6.07) is 52.0. The summed E-state index contributed by atoms with van der Waals surface area (Å²) in [6.07, 6.45) is 1.90. The Balaban J connectivity index is 1.43. The fraction of sp³-hybridized carbons (Fsp3) is 0. The van der Waals surface area contributed by atoms with Crippen molar-refractivity contribution in [3.05, 3.63) is 152 Å². The molecule has 5 aromatic heterocycles. The smallest absolute Gasteiger partial charge is 0.146 e. The fourth-order valence-electron chi connectivity index (χ4n) is 7.92. The van der Waals surface area contributed by atoms with Crippen molar-refractivity contribution >= 4 is 82.1 Å². The fourth-order valence-corrected chi connectivity index (χ4v) is 7.92. The highest BCUT2D eigenvalue weighted by Gasteiger charge is 2.23. The molecule has 218 valence electrons. The zero-order chi connectivity index (χ0) is 30.6. The largest absolute Gasteiger partial charge is 0.309 e. The van der Waals surface area contributed by atoms with E-state index in [4.69, 9.17) is 9.97 Å². The van der Waals surface area contributed by atoms with Gasteiger partial charge >= 0.3 is 0 Å². The molecular weight excluding hydrogens is 574 g/mol. The third-order valence-corrected chi connectivity index (χ3v) is 9.81. The molecule has 0 bridgehead atoms. The van der Waals surface area contributed by atoms with Gasteiger partial charge in [0.15, 0.2) is 0 Å². The second-order valence-electron chi connectivity index (χ2n) is 12.3. The lowest BCUT2D eigenvalue weighted by atomic mass is 10.0. The lowest BCUT2D eigenvalue weighted by Crippen LogP contribution is -1.95. The maximum absolute atomic E-state index is 5.21. The van der Waals surface area contributed by atoms with Gasteiger partial charge in [-0.25, -0.2) is 4.98 Å². The SMILES string of the molecule is c1ccc(-n2c3cc4c(cc3c3c2ccc2c5ccccc5n(-c5ccccc5)c23)c2ncccc2n2c3ccccc3nc42)cc1. The minimum absolute atomic E-state index is 0.942. The van der Waals surface area contributed by atoms with E-state index < -0.39 is 0 Å². The monoisotopic (exact) mass is 599 g/mol. The van der Waals surface area contributed by atoms with Gasteiger partial charge in [0.25, 0.3) is 0 Å². The number of fused-ring (bicyclic) bond motifs is 15. The number of benzene rings is 6. The Labute approximate surface area is 268 Å². The van der Waals surface area contributed by atoms with Crippen molar-refractivity contribution < 1.29 is 0 Å². The minimum Gasteiger partial charge on any atom is -0.309 e. The van der Waals surface area contributed by atoms with E-state index >= 15 is 0 Å². The van der Waals surface area contributed by atoms with Crippen molar-refractivity contribution in [1.29, 1.82) is 0 Å². The number of rotatable bonds is 2. The van der Waals surface area contributed by atoms with E-state index in [1.807, 2.05) is 12.3 Å². The standard InChI is InChI=1S/C42H25N5/c1-3-12-26(13-4-1)45-36-22-21-29-28-16-7-9-18-34(28)46(27-14-5-2-6-15-27)41(29)39(36)32-24-30-31(25-38(32)45)42-44-33-17-8-10-19-35(33)47(42)37-20-11-23-43-40(30)37/h1-25H. The van der Waals surface area contributed by atoms with E-state index in [0.29, 0.717) is 0 Å². The topological polar surface area (TPSA) is 40.0 Å². The molecule has 0 radical (unpaired) electrons. The van der Waals surface area contributed by atoms with E-state index in [9.17, 15) is 0 Å². The summed E-state index contributed by atoms with van der Waals surface area (Å²) in [6.45, 7) is 0. The molecule has 0 unspecified atom stereocenters. The molecule has 0 aliphatic heterocycles. The average Bonchev–Trinajstić information content (AvgIpc) is 3.79. The van der Waals surface area contributed by atoms with Crippen LogP contribution in [0.25, 0.3) is 93.5 Å². The second-order valence-corrected chi connectivity index (χ2v) is 12.3. The third-order valence-electron chi connectivity index (χ3n) is 9.81. The number of nitrogens with zero attached hydrogens (tertiary/aromatic N) is 5. The Bertz CT molecular complexity index is 3060. The first-order valence-corrected chi connectivity index (χ1v) is 15.9. The minimum atomic E-state index is 0.942. The molecule has 11 aromatic rings. The van der Waals surface area contributed by atoms with Gasteiger partial charge < -0.3 is 9.13 Å². The maximum atomic E-state index is 5.21. The van der Waals surface area contributed by atoms with E-state index in [1.54, 1.807) is 0 Å². The Morgan fingerprint density at radius 2 is 1.13 bits per heavy atom. The summed E-state index contributed by atoms with van der Waals surface area (Å²) in [5.41, 5.74) is 12.0. The van der Waals surface area contributed by atoms with Crippen LogP contribution in [-0.4, -0.2) is 23.5 Å². The van der Waals surface area contributed by atoms with Crippen LogP contribution in [0.15, 0.2) is 152 Å². The van der Waals surface area contributed by atoms with Gasteiger partial charge in [0.2, 0.25) is 0 Å². The van der Waals surface area contributed by atoms with Gasteiger partial charge in [-0.2, -0.15) is 0 Å². The van der Waals surface area contributed by atoms with Crippen molar-refractivity contribution in [2.24, 2.45) is 0 Å². The first-order valence-electron chi connectivity index (χ1n) is 15.9. The van der Waals surface area contributed by atoms with Gasteiger partial charge in [0.1, 0.15) is 5.65 Å². The Morgan fingerprint density at radius 1 is 0.426 bits per heavy atom. The lowest BCUT2D eigenvalue weighted by Gasteiger charge is -2.10. The van der Waals surface area contributed by atoms with Crippen LogP contribution >= 0.6 is 0 Å². The van der Waals surface area contributed by atoms with Crippen molar-refractivity contribution in [3.63, 3.8) is 0 Å². The number of imidazole rings is 1. The van der Waals surface area contributed by atoms with Gasteiger partial charge in [-0.15, -0.1) is 0 Å². The van der Waals surface area contributed by atoms with Crippen LogP contribution in [0.1, 0.15) is 0 Å². The average molecular weight is 600 g/mol. The van der Waals surface area contributed by atoms with E-state index in [-0.39, 0.29) is 0 Å². The van der Waals surface area contributed by atoms with Crippen LogP contribution in [0.2, 0.25) is 0 Å². The Morgan fingerprint density at radius 3 is 1.96 bits per heavy atom. The highest BCUT2D eigenvalue weighted by Crippen LogP contribution is 2.44. The van der Waals surface area contributed by atoms with E-state index in [0.717, 1.165) is 60.9 Å². The zero-order valence-corrected chi connectivity index (χ0v) is 25.2. The number of para-hydroxylation sites is 5. The molecule has 47 heavy (non-hydrogen) atoms. The highest BCUT2D eigenvalue weighted by molar-refractivity contribution is 6.29. The summed E-state index contributed by atoms with van der Waals surface area (Å²) in [7, 11) is 0. The van der Waals surface area contributed by atoms with Gasteiger partial charge in [0, 0.05) is 49.9 Å². The summed E-state index contributed by atoms with van der Waals surface area (Å²) in [5.74, 6) is 0. The van der Waals surface area contributed by atoms with Crippen LogP contribution in [0, 0.1) is 0 Å². The quantitative estimate of drug-likeness (QED) is 0.186. The van der Waals surface area contributed by atoms with Crippen LogP contribution in [0.3, 0.4) is 0 Å². The predicted molar refractivity (Wildman–Crippen MR) is 194 cm³/mol. The lowest BCUT2D eigenvalue weighted by molar-refractivity contribution is 1.17. The number of hydrogen-bond donors (Lipinski definition) is 0. The summed E-state index contributed by atoms with van der Waals surface area (Å²) in [4.78, 5) is 10.2. The molecule has 6 aromatic carbocycles. The maximum Gasteiger partial charge on any atom is 0.146 e. The van der Waals surface area contributed by atoms with Gasteiger partial charge in [-0.3, -0.25) is 9.38 Å². The molecular formula is C42H25N5. The molecule has 0 aliphatic carbocycles. The third kappa shape index (κ3) is 3.22. The van der Waals surface area contributed by atoms with Crippen molar-refractivity contribution in [2.45, 2.75) is 0 Å². The summed E-state index contributed by atoms with van der Waals surface area (Å²) < 4.78 is 7.12. The Hall–Kier alpha value is -6.46. The molecule has 0 N–H and O–H groups in total. The molecule has 0 aliphatic rings. The normalized spacial score (nSPS) is 12.3. The molecule has 0 amide bonds. The first-order chi connectivity index (χ1) is 23.3. The molecule has 5 heterocycles. The van der Waals surface area contributed by atoms with Crippen LogP contribution < -0.4 is 0 Å². The number of hydrogen-bond acceptors (Lipinski definition) is 2. The molecule has 0 atom stereocenters. The molecule has 11 rings (SSSR count). The van der Waals surface area contributed by atoms with Gasteiger partial charge in [-0.05, 0) is 72.8 Å². The molecule has 0 saturated carbocycles. The molecule has 0 saturated heterocycles. The second kappa shape index (κ2) is 9.05. The summed E-state index contributed by atoms with van der Waals surface area (Å²) >= 11 is 0. The molecule has 5 nitrogen and oxygen atoms in total.